The topological polar surface area (TPSA) is 102 Å². The number of hydrogen-bond donors (Lipinski definition) is 1. The first-order chi connectivity index (χ1) is 9.33. The predicted molar refractivity (Wildman–Crippen MR) is 72.0 cm³/mol. The van der Waals surface area contributed by atoms with Gasteiger partial charge < -0.3 is 9.47 Å². The molecule has 20 heavy (non-hydrogen) atoms. The van der Waals surface area contributed by atoms with Crippen molar-refractivity contribution >= 4 is 22.1 Å². The largest absolute Gasteiger partial charge is 0.464 e. The van der Waals surface area contributed by atoms with Gasteiger partial charge in [-0.15, -0.1) is 0 Å². The maximum absolute atomic E-state index is 12.0. The zero-order chi connectivity index (χ0) is 15.8. The molecular formula is C11H22N2O6S. The molecule has 118 valence electrons. The van der Waals surface area contributed by atoms with E-state index in [1.54, 1.807) is 27.7 Å². The van der Waals surface area contributed by atoms with Crippen molar-refractivity contribution in [3.63, 3.8) is 0 Å². The zero-order valence-corrected chi connectivity index (χ0v) is 13.0. The van der Waals surface area contributed by atoms with Gasteiger partial charge in [0.15, 0.2) is 0 Å². The van der Waals surface area contributed by atoms with Crippen LogP contribution >= 0.6 is 0 Å². The van der Waals surface area contributed by atoms with Crippen LogP contribution in [-0.2, 0) is 29.3 Å². The van der Waals surface area contributed by atoms with E-state index in [0.29, 0.717) is 0 Å². The maximum Gasteiger partial charge on any atom is 0.335 e. The highest BCUT2D eigenvalue weighted by Crippen LogP contribution is 2.02. The second-order valence-corrected chi connectivity index (χ2v) is 5.35. The molecule has 0 aromatic rings. The summed E-state index contributed by atoms with van der Waals surface area (Å²) in [5, 5.41) is 0. The lowest BCUT2D eigenvalue weighted by Gasteiger charge is -2.22. The summed E-state index contributed by atoms with van der Waals surface area (Å²) in [6.07, 6.45) is 0. The first-order valence-electron chi connectivity index (χ1n) is 6.44. The Morgan fingerprint density at radius 3 is 1.70 bits per heavy atom. The van der Waals surface area contributed by atoms with Crippen molar-refractivity contribution in [2.75, 3.05) is 26.3 Å². The molecule has 0 aromatic heterocycles. The number of rotatable bonds is 9. The van der Waals surface area contributed by atoms with Crippen molar-refractivity contribution < 1.29 is 27.5 Å². The second-order valence-electron chi connectivity index (χ2n) is 3.64. The van der Waals surface area contributed by atoms with Crippen LogP contribution in [0.4, 0.5) is 0 Å². The minimum absolute atomic E-state index is 0.0295. The van der Waals surface area contributed by atoms with Gasteiger partial charge in [-0.25, -0.2) is 9.59 Å². The third-order valence-corrected chi connectivity index (χ3v) is 4.09. The Bertz CT molecular complexity index is 401. The van der Waals surface area contributed by atoms with E-state index in [9.17, 15) is 18.0 Å². The van der Waals surface area contributed by atoms with Crippen LogP contribution in [0, 0.1) is 0 Å². The highest BCUT2D eigenvalue weighted by atomic mass is 32.2. The summed E-state index contributed by atoms with van der Waals surface area (Å²) in [4.78, 5) is 23.3. The lowest BCUT2D eigenvalue weighted by molar-refractivity contribution is -0.157. The molecule has 0 aliphatic rings. The van der Waals surface area contributed by atoms with E-state index in [1.165, 1.54) is 0 Å². The Kier molecular flexibility index (Phi) is 8.35. The Balaban J connectivity index is 5.15. The minimum atomic E-state index is -3.97. The molecule has 0 saturated heterocycles. The van der Waals surface area contributed by atoms with Crippen LogP contribution < -0.4 is 4.72 Å². The Labute approximate surface area is 119 Å². The Hall–Kier alpha value is -1.19. The number of esters is 2. The van der Waals surface area contributed by atoms with Crippen LogP contribution in [-0.4, -0.2) is 57.0 Å². The highest BCUT2D eigenvalue weighted by molar-refractivity contribution is 7.87. The molecule has 8 nitrogen and oxygen atoms in total. The fraction of sp³-hybridized carbons (Fsp3) is 0.818. The van der Waals surface area contributed by atoms with Gasteiger partial charge in [0.05, 0.1) is 13.2 Å². The predicted octanol–water partition coefficient (Wildman–Crippen LogP) is -0.343. The van der Waals surface area contributed by atoms with Crippen molar-refractivity contribution in [2.24, 2.45) is 0 Å². The summed E-state index contributed by atoms with van der Waals surface area (Å²) in [6, 6.07) is -1.69. The summed E-state index contributed by atoms with van der Waals surface area (Å²) in [6.45, 7) is 6.88. The summed E-state index contributed by atoms with van der Waals surface area (Å²) in [7, 11) is -3.97. The third-order valence-electron chi connectivity index (χ3n) is 2.36. The molecule has 0 amide bonds. The van der Waals surface area contributed by atoms with Crippen molar-refractivity contribution in [2.45, 2.75) is 33.7 Å². The molecule has 0 radical (unpaired) electrons. The minimum Gasteiger partial charge on any atom is -0.464 e. The van der Waals surface area contributed by atoms with E-state index >= 15 is 0 Å². The molecule has 0 bridgehead atoms. The van der Waals surface area contributed by atoms with E-state index in [-0.39, 0.29) is 26.3 Å². The van der Waals surface area contributed by atoms with Gasteiger partial charge in [-0.2, -0.15) is 17.4 Å². The van der Waals surface area contributed by atoms with Crippen LogP contribution in [0.3, 0.4) is 0 Å². The van der Waals surface area contributed by atoms with Gasteiger partial charge in [0.2, 0.25) is 6.04 Å². The summed E-state index contributed by atoms with van der Waals surface area (Å²) in [5.41, 5.74) is 0. The number of nitrogens with zero attached hydrogens (tertiary/aromatic N) is 1. The van der Waals surface area contributed by atoms with Gasteiger partial charge in [0, 0.05) is 13.1 Å². The van der Waals surface area contributed by atoms with Gasteiger partial charge >= 0.3 is 11.9 Å². The van der Waals surface area contributed by atoms with Gasteiger partial charge in [-0.1, -0.05) is 13.8 Å². The number of carbonyl (C=O) groups excluding carboxylic acids is 2. The van der Waals surface area contributed by atoms with Crippen molar-refractivity contribution in [3.05, 3.63) is 0 Å². The molecule has 0 aromatic carbocycles. The zero-order valence-electron chi connectivity index (χ0n) is 12.2. The molecule has 1 N–H and O–H groups in total. The van der Waals surface area contributed by atoms with E-state index in [4.69, 9.17) is 0 Å². The van der Waals surface area contributed by atoms with Crippen molar-refractivity contribution in [1.82, 2.24) is 9.03 Å². The fourth-order valence-electron chi connectivity index (χ4n) is 1.43. The van der Waals surface area contributed by atoms with Gasteiger partial charge in [-0.3, -0.25) is 0 Å². The van der Waals surface area contributed by atoms with Crippen LogP contribution in [0.15, 0.2) is 0 Å². The van der Waals surface area contributed by atoms with Gasteiger partial charge in [0.25, 0.3) is 10.2 Å². The number of ether oxygens (including phenoxy) is 2. The van der Waals surface area contributed by atoms with Crippen LogP contribution in [0.1, 0.15) is 27.7 Å². The average molecular weight is 310 g/mol. The lowest BCUT2D eigenvalue weighted by Crippen LogP contribution is -2.52. The third kappa shape index (κ3) is 5.43. The molecule has 0 heterocycles. The van der Waals surface area contributed by atoms with E-state index in [2.05, 4.69) is 9.47 Å². The van der Waals surface area contributed by atoms with Crippen molar-refractivity contribution in [1.29, 1.82) is 0 Å². The first kappa shape index (κ1) is 18.8. The molecule has 0 rings (SSSR count). The quantitative estimate of drug-likeness (QED) is 0.461. The normalized spacial score (nSPS) is 11.7. The molecule has 0 aliphatic heterocycles. The second kappa shape index (κ2) is 8.88. The fourth-order valence-corrected chi connectivity index (χ4v) is 2.75. The van der Waals surface area contributed by atoms with Crippen LogP contribution in [0.5, 0.6) is 0 Å². The monoisotopic (exact) mass is 310 g/mol. The molecule has 0 atom stereocenters. The lowest BCUT2D eigenvalue weighted by atomic mass is 10.3. The number of carbonyl (C=O) groups is 2. The van der Waals surface area contributed by atoms with Gasteiger partial charge in [-0.05, 0) is 13.8 Å². The number of nitrogens with one attached hydrogen (secondary N) is 1. The molecule has 0 aliphatic carbocycles. The van der Waals surface area contributed by atoms with Crippen molar-refractivity contribution in [3.8, 4) is 0 Å². The molecular weight excluding hydrogens is 288 g/mol. The molecule has 0 unspecified atom stereocenters. The summed E-state index contributed by atoms with van der Waals surface area (Å²) in [5.74, 6) is -1.97. The Morgan fingerprint density at radius 2 is 1.40 bits per heavy atom. The average Bonchev–Trinajstić information content (AvgIpc) is 2.37. The highest BCUT2D eigenvalue weighted by Gasteiger charge is 2.35. The first-order valence-corrected chi connectivity index (χ1v) is 7.88. The molecule has 0 fully saturated rings. The van der Waals surface area contributed by atoms with Gasteiger partial charge in [0.1, 0.15) is 0 Å². The standard InChI is InChI=1S/C11H22N2O6S/c1-5-13(6-2)20(16,17)12-9(10(14)18-7-3)11(15)19-8-4/h9,12H,5-8H2,1-4H3. The smallest absolute Gasteiger partial charge is 0.335 e. The Morgan fingerprint density at radius 1 is 1.00 bits per heavy atom. The SMILES string of the molecule is CCOC(=O)C(NS(=O)(=O)N(CC)CC)C(=O)OCC. The molecule has 9 heteroatoms. The summed E-state index contributed by atoms with van der Waals surface area (Å²) < 4.78 is 36.5. The molecule has 0 spiro atoms. The van der Waals surface area contributed by atoms with Crippen LogP contribution in [0.25, 0.3) is 0 Å². The number of hydrogen-bond acceptors (Lipinski definition) is 6. The van der Waals surface area contributed by atoms with E-state index < -0.39 is 28.2 Å². The summed E-state index contributed by atoms with van der Waals surface area (Å²) >= 11 is 0. The van der Waals surface area contributed by atoms with Crippen LogP contribution in [0.2, 0.25) is 0 Å². The maximum atomic E-state index is 12.0. The van der Waals surface area contributed by atoms with E-state index in [1.807, 2.05) is 4.72 Å². The van der Waals surface area contributed by atoms with E-state index in [0.717, 1.165) is 4.31 Å². The molecule has 0 saturated carbocycles.